The number of aliphatic carboxylic acids is 1. The van der Waals surface area contributed by atoms with Crippen LogP contribution < -0.4 is 0 Å². The van der Waals surface area contributed by atoms with Crippen LogP contribution in [0.4, 0.5) is 4.39 Å². The molecule has 0 aliphatic heterocycles. The molecule has 1 unspecified atom stereocenters. The number of carbonyl (C=O) groups is 1. The molecule has 2 nitrogen and oxygen atoms in total. The molecule has 4 heteroatoms. The lowest BCUT2D eigenvalue weighted by atomic mass is 9.91. The number of halogens is 2. The molecule has 2 aromatic carbocycles. The van der Waals surface area contributed by atoms with E-state index in [4.69, 9.17) is 11.6 Å². The summed E-state index contributed by atoms with van der Waals surface area (Å²) in [4.78, 5) is 11.5. The van der Waals surface area contributed by atoms with E-state index in [0.29, 0.717) is 17.0 Å². The zero-order valence-electron chi connectivity index (χ0n) is 10.9. The van der Waals surface area contributed by atoms with Crippen LogP contribution in [0.1, 0.15) is 22.6 Å². The van der Waals surface area contributed by atoms with Gasteiger partial charge in [0.1, 0.15) is 5.82 Å². The van der Waals surface area contributed by atoms with Gasteiger partial charge in [0.25, 0.3) is 0 Å². The van der Waals surface area contributed by atoms with Crippen molar-refractivity contribution in [2.24, 2.45) is 0 Å². The van der Waals surface area contributed by atoms with Crippen LogP contribution in [0.15, 0.2) is 42.5 Å². The molecule has 0 aliphatic carbocycles. The summed E-state index contributed by atoms with van der Waals surface area (Å²) in [7, 11) is 0. The average Bonchev–Trinajstić information content (AvgIpc) is 2.41. The van der Waals surface area contributed by atoms with Crippen molar-refractivity contribution in [2.75, 3.05) is 0 Å². The Kier molecular flexibility index (Phi) is 4.40. The van der Waals surface area contributed by atoms with Crippen LogP contribution in [0.25, 0.3) is 0 Å². The molecule has 0 bridgehead atoms. The molecule has 0 spiro atoms. The Morgan fingerprint density at radius 2 is 1.90 bits per heavy atom. The van der Waals surface area contributed by atoms with Gasteiger partial charge in [-0.1, -0.05) is 35.9 Å². The fourth-order valence-electron chi connectivity index (χ4n) is 2.03. The van der Waals surface area contributed by atoms with E-state index in [1.165, 1.54) is 12.1 Å². The van der Waals surface area contributed by atoms with Crippen molar-refractivity contribution in [3.8, 4) is 0 Å². The predicted molar refractivity (Wildman–Crippen MR) is 76.7 cm³/mol. The van der Waals surface area contributed by atoms with Gasteiger partial charge in [0.2, 0.25) is 0 Å². The molecule has 2 aromatic rings. The SMILES string of the molecule is Cc1ccc(C(Cc2ccc(F)cc2)C(=O)O)cc1Cl. The van der Waals surface area contributed by atoms with Crippen LogP contribution in [-0.2, 0) is 11.2 Å². The van der Waals surface area contributed by atoms with Gasteiger partial charge in [-0.25, -0.2) is 4.39 Å². The Bertz CT molecular complexity index is 623. The van der Waals surface area contributed by atoms with Crippen LogP contribution in [-0.4, -0.2) is 11.1 Å². The summed E-state index contributed by atoms with van der Waals surface area (Å²) in [5, 5.41) is 9.93. The molecule has 104 valence electrons. The van der Waals surface area contributed by atoms with Crippen molar-refractivity contribution in [3.63, 3.8) is 0 Å². The van der Waals surface area contributed by atoms with Crippen molar-refractivity contribution in [1.82, 2.24) is 0 Å². The molecule has 0 amide bonds. The van der Waals surface area contributed by atoms with Gasteiger partial charge in [-0.15, -0.1) is 0 Å². The van der Waals surface area contributed by atoms with Crippen molar-refractivity contribution in [1.29, 1.82) is 0 Å². The summed E-state index contributed by atoms with van der Waals surface area (Å²) in [6.07, 6.45) is 0.301. The van der Waals surface area contributed by atoms with Gasteiger partial charge in [0.15, 0.2) is 0 Å². The number of carboxylic acid groups (broad SMARTS) is 1. The lowest BCUT2D eigenvalue weighted by molar-refractivity contribution is -0.138. The van der Waals surface area contributed by atoms with E-state index in [1.807, 2.05) is 6.92 Å². The number of carboxylic acids is 1. The van der Waals surface area contributed by atoms with Gasteiger partial charge in [0.05, 0.1) is 5.92 Å². The maximum Gasteiger partial charge on any atom is 0.311 e. The standard InChI is InChI=1S/C16H14ClFO2/c1-10-2-5-12(9-15(10)17)14(16(19)20)8-11-3-6-13(18)7-4-11/h2-7,9,14H,8H2,1H3,(H,19,20). The normalized spacial score (nSPS) is 12.2. The highest BCUT2D eigenvalue weighted by Gasteiger charge is 2.21. The molecule has 0 saturated carbocycles. The molecular formula is C16H14ClFO2. The molecule has 1 N–H and O–H groups in total. The van der Waals surface area contributed by atoms with Gasteiger partial charge in [-0.2, -0.15) is 0 Å². The van der Waals surface area contributed by atoms with Crippen molar-refractivity contribution in [3.05, 3.63) is 70.0 Å². The zero-order valence-corrected chi connectivity index (χ0v) is 11.7. The Morgan fingerprint density at radius 1 is 1.25 bits per heavy atom. The number of rotatable bonds is 4. The first-order valence-electron chi connectivity index (χ1n) is 6.20. The van der Waals surface area contributed by atoms with Crippen LogP contribution >= 0.6 is 11.6 Å². The Balaban J connectivity index is 2.29. The predicted octanol–water partition coefficient (Wildman–Crippen LogP) is 4.20. The minimum Gasteiger partial charge on any atom is -0.481 e. The fourth-order valence-corrected chi connectivity index (χ4v) is 2.22. The zero-order chi connectivity index (χ0) is 14.7. The first kappa shape index (κ1) is 14.5. The van der Waals surface area contributed by atoms with Crippen LogP contribution in [0.2, 0.25) is 5.02 Å². The summed E-state index contributed by atoms with van der Waals surface area (Å²) in [6, 6.07) is 11.1. The van der Waals surface area contributed by atoms with Gasteiger partial charge in [0, 0.05) is 5.02 Å². The van der Waals surface area contributed by atoms with E-state index in [-0.39, 0.29) is 5.82 Å². The minimum absolute atomic E-state index is 0.301. The second kappa shape index (κ2) is 6.06. The molecule has 0 fully saturated rings. The second-order valence-electron chi connectivity index (χ2n) is 4.73. The van der Waals surface area contributed by atoms with Crippen molar-refractivity contribution >= 4 is 17.6 Å². The molecule has 0 radical (unpaired) electrons. The van der Waals surface area contributed by atoms with Gasteiger partial charge >= 0.3 is 5.97 Å². The lowest BCUT2D eigenvalue weighted by Gasteiger charge is -2.14. The topological polar surface area (TPSA) is 37.3 Å². The number of hydrogen-bond donors (Lipinski definition) is 1. The van der Waals surface area contributed by atoms with E-state index < -0.39 is 11.9 Å². The molecule has 2 rings (SSSR count). The maximum absolute atomic E-state index is 12.9. The highest BCUT2D eigenvalue weighted by atomic mass is 35.5. The maximum atomic E-state index is 12.9. The lowest BCUT2D eigenvalue weighted by Crippen LogP contribution is -2.14. The van der Waals surface area contributed by atoms with Crippen LogP contribution in [0.3, 0.4) is 0 Å². The summed E-state index contributed by atoms with van der Waals surface area (Å²) in [5.41, 5.74) is 2.33. The van der Waals surface area contributed by atoms with Gasteiger partial charge < -0.3 is 5.11 Å². The molecule has 0 saturated heterocycles. The van der Waals surface area contributed by atoms with Crippen molar-refractivity contribution < 1.29 is 14.3 Å². The number of benzene rings is 2. The largest absolute Gasteiger partial charge is 0.481 e. The number of hydrogen-bond acceptors (Lipinski definition) is 1. The second-order valence-corrected chi connectivity index (χ2v) is 5.14. The molecule has 0 aliphatic rings. The minimum atomic E-state index is -0.922. The van der Waals surface area contributed by atoms with Gasteiger partial charge in [-0.3, -0.25) is 4.79 Å². The summed E-state index contributed by atoms with van der Waals surface area (Å²) in [5.74, 6) is -1.95. The summed E-state index contributed by atoms with van der Waals surface area (Å²) < 4.78 is 12.9. The third-order valence-electron chi connectivity index (χ3n) is 3.25. The Morgan fingerprint density at radius 3 is 2.45 bits per heavy atom. The quantitative estimate of drug-likeness (QED) is 0.917. The van der Waals surface area contributed by atoms with Crippen molar-refractivity contribution in [2.45, 2.75) is 19.3 Å². The van der Waals surface area contributed by atoms with E-state index >= 15 is 0 Å². The summed E-state index contributed by atoms with van der Waals surface area (Å²) in [6.45, 7) is 1.86. The van der Waals surface area contributed by atoms with Crippen LogP contribution in [0, 0.1) is 12.7 Å². The van der Waals surface area contributed by atoms with E-state index in [2.05, 4.69) is 0 Å². The third kappa shape index (κ3) is 3.36. The Labute approximate surface area is 121 Å². The number of aryl methyl sites for hydroxylation is 1. The first-order valence-corrected chi connectivity index (χ1v) is 6.58. The van der Waals surface area contributed by atoms with E-state index in [9.17, 15) is 14.3 Å². The van der Waals surface area contributed by atoms with Gasteiger partial charge in [-0.05, 0) is 48.2 Å². The fraction of sp³-hybridized carbons (Fsp3) is 0.188. The van der Waals surface area contributed by atoms with E-state index in [0.717, 1.165) is 11.1 Å². The molecule has 0 heterocycles. The third-order valence-corrected chi connectivity index (χ3v) is 3.66. The monoisotopic (exact) mass is 292 g/mol. The van der Waals surface area contributed by atoms with Crippen LogP contribution in [0.5, 0.6) is 0 Å². The highest BCUT2D eigenvalue weighted by molar-refractivity contribution is 6.31. The smallest absolute Gasteiger partial charge is 0.311 e. The highest BCUT2D eigenvalue weighted by Crippen LogP contribution is 2.26. The summed E-state index contributed by atoms with van der Waals surface area (Å²) >= 11 is 6.04. The molecular weight excluding hydrogens is 279 g/mol. The van der Waals surface area contributed by atoms with E-state index in [1.54, 1.807) is 30.3 Å². The molecule has 20 heavy (non-hydrogen) atoms. The Hall–Kier alpha value is -1.87. The average molecular weight is 293 g/mol. The first-order chi connectivity index (χ1) is 9.47. The molecule has 1 atom stereocenters. The molecule has 0 aromatic heterocycles.